The Hall–Kier alpha value is -1.88. The molecule has 0 radical (unpaired) electrons. The van der Waals surface area contributed by atoms with E-state index in [9.17, 15) is 4.79 Å². The lowest BCUT2D eigenvalue weighted by molar-refractivity contribution is 0.0160. The Labute approximate surface area is 109 Å². The minimum atomic E-state index is 0.0579. The van der Waals surface area contributed by atoms with Crippen molar-refractivity contribution in [2.24, 2.45) is 0 Å². The Morgan fingerprint density at radius 1 is 1.39 bits per heavy atom. The van der Waals surface area contributed by atoms with E-state index in [2.05, 4.69) is 4.98 Å². The van der Waals surface area contributed by atoms with Crippen LogP contribution in [0, 0.1) is 0 Å². The first kappa shape index (κ1) is 11.2. The Bertz CT molecular complexity index is 521. The molecule has 4 nitrogen and oxygen atoms in total. The predicted molar refractivity (Wildman–Crippen MR) is 68.9 cm³/mol. The third kappa shape index (κ3) is 2.22. The molecule has 2 aromatic rings. The summed E-state index contributed by atoms with van der Waals surface area (Å²) >= 11 is 1.53. The lowest BCUT2D eigenvalue weighted by Crippen LogP contribution is -2.56. The molecule has 0 saturated carbocycles. The maximum atomic E-state index is 11.9. The van der Waals surface area contributed by atoms with Gasteiger partial charge in [-0.3, -0.25) is 4.79 Å². The van der Waals surface area contributed by atoms with Crippen LogP contribution in [0.4, 0.5) is 0 Å². The average Bonchev–Trinajstić information content (AvgIpc) is 2.87. The fraction of sp³-hybridized carbons (Fsp3) is 0.231. The molecule has 0 aliphatic carbocycles. The molecular formula is C13H12N2O2S. The smallest absolute Gasteiger partial charge is 0.254 e. The fourth-order valence-electron chi connectivity index (χ4n) is 1.83. The van der Waals surface area contributed by atoms with Crippen LogP contribution in [-0.2, 0) is 0 Å². The number of carbonyl (C=O) groups excluding carboxylic acids is 1. The first-order chi connectivity index (χ1) is 8.83. The van der Waals surface area contributed by atoms with E-state index in [1.54, 1.807) is 11.1 Å². The van der Waals surface area contributed by atoms with Gasteiger partial charge in [-0.05, 0) is 17.5 Å². The molecular weight excluding hydrogens is 248 g/mol. The Kier molecular flexibility index (Phi) is 2.98. The van der Waals surface area contributed by atoms with Crippen LogP contribution in [0.5, 0.6) is 5.88 Å². The molecule has 0 N–H and O–H groups in total. The number of rotatable bonds is 3. The van der Waals surface area contributed by atoms with E-state index in [4.69, 9.17) is 4.74 Å². The third-order valence-corrected chi connectivity index (χ3v) is 3.51. The second-order valence-corrected chi connectivity index (χ2v) is 4.91. The van der Waals surface area contributed by atoms with E-state index >= 15 is 0 Å². The van der Waals surface area contributed by atoms with E-state index < -0.39 is 0 Å². The van der Waals surface area contributed by atoms with Crippen LogP contribution in [0.3, 0.4) is 0 Å². The molecule has 3 heterocycles. The van der Waals surface area contributed by atoms with Crippen molar-refractivity contribution >= 4 is 17.2 Å². The summed E-state index contributed by atoms with van der Waals surface area (Å²) in [6.07, 6.45) is 1.75. The van der Waals surface area contributed by atoms with E-state index in [1.807, 2.05) is 35.0 Å². The molecule has 0 aromatic carbocycles. The van der Waals surface area contributed by atoms with Crippen LogP contribution < -0.4 is 4.74 Å². The molecule has 1 fully saturated rings. The highest BCUT2D eigenvalue weighted by Crippen LogP contribution is 2.19. The third-order valence-electron chi connectivity index (χ3n) is 2.83. The van der Waals surface area contributed by atoms with Crippen molar-refractivity contribution in [3.8, 4) is 5.88 Å². The Balaban J connectivity index is 1.53. The van der Waals surface area contributed by atoms with Crippen LogP contribution in [-0.4, -0.2) is 35.0 Å². The lowest BCUT2D eigenvalue weighted by Gasteiger charge is -2.38. The second kappa shape index (κ2) is 4.78. The maximum absolute atomic E-state index is 11.9. The van der Waals surface area contributed by atoms with Gasteiger partial charge in [0.1, 0.15) is 6.10 Å². The van der Waals surface area contributed by atoms with Crippen molar-refractivity contribution < 1.29 is 9.53 Å². The normalized spacial score (nSPS) is 15.2. The minimum absolute atomic E-state index is 0.0579. The van der Waals surface area contributed by atoms with Crippen LogP contribution in [0.15, 0.2) is 41.2 Å². The van der Waals surface area contributed by atoms with Crippen molar-refractivity contribution in [1.29, 1.82) is 0 Å². The number of likely N-dealkylation sites (tertiary alicyclic amines) is 1. The quantitative estimate of drug-likeness (QED) is 0.848. The number of aromatic nitrogens is 1. The standard InChI is InChI=1S/C13H12N2O2S/c16-13(10-4-6-18-9-10)15-7-11(8-15)17-12-3-1-2-5-14-12/h1-6,9,11H,7-8H2. The van der Waals surface area contributed by atoms with Gasteiger partial charge < -0.3 is 9.64 Å². The molecule has 2 aromatic heterocycles. The number of nitrogens with zero attached hydrogens (tertiary/aromatic N) is 2. The molecule has 0 bridgehead atoms. The number of hydrogen-bond acceptors (Lipinski definition) is 4. The zero-order valence-corrected chi connectivity index (χ0v) is 10.5. The number of amides is 1. The Morgan fingerprint density at radius 2 is 2.28 bits per heavy atom. The van der Waals surface area contributed by atoms with E-state index in [0.717, 1.165) is 5.56 Å². The van der Waals surface area contributed by atoms with Gasteiger partial charge in [0, 0.05) is 17.6 Å². The molecule has 92 valence electrons. The largest absolute Gasteiger partial charge is 0.471 e. The highest BCUT2D eigenvalue weighted by atomic mass is 32.1. The van der Waals surface area contributed by atoms with E-state index in [0.29, 0.717) is 19.0 Å². The average molecular weight is 260 g/mol. The van der Waals surface area contributed by atoms with Gasteiger partial charge in [0.25, 0.3) is 5.91 Å². The fourth-order valence-corrected chi connectivity index (χ4v) is 2.46. The molecule has 0 spiro atoms. The number of thiophene rings is 1. The summed E-state index contributed by atoms with van der Waals surface area (Å²) in [5.74, 6) is 0.697. The van der Waals surface area contributed by atoms with Crippen molar-refractivity contribution in [3.05, 3.63) is 46.8 Å². The van der Waals surface area contributed by atoms with Crippen LogP contribution >= 0.6 is 11.3 Å². The molecule has 0 unspecified atom stereocenters. The van der Waals surface area contributed by atoms with Gasteiger partial charge in [0.2, 0.25) is 5.88 Å². The van der Waals surface area contributed by atoms with Gasteiger partial charge in [0.15, 0.2) is 0 Å². The molecule has 1 aliphatic heterocycles. The first-order valence-corrected chi connectivity index (χ1v) is 6.66. The molecule has 1 amide bonds. The van der Waals surface area contributed by atoms with Gasteiger partial charge in [-0.25, -0.2) is 4.98 Å². The Morgan fingerprint density at radius 3 is 2.94 bits per heavy atom. The SMILES string of the molecule is O=C(c1ccsc1)N1CC(Oc2ccccn2)C1. The van der Waals surface area contributed by atoms with E-state index in [-0.39, 0.29) is 12.0 Å². The summed E-state index contributed by atoms with van der Waals surface area (Å²) in [5, 5.41) is 3.78. The first-order valence-electron chi connectivity index (χ1n) is 5.72. The van der Waals surface area contributed by atoms with Crippen molar-refractivity contribution in [1.82, 2.24) is 9.88 Å². The van der Waals surface area contributed by atoms with Gasteiger partial charge in [-0.1, -0.05) is 6.07 Å². The molecule has 5 heteroatoms. The maximum Gasteiger partial charge on any atom is 0.254 e. The minimum Gasteiger partial charge on any atom is -0.471 e. The van der Waals surface area contributed by atoms with Crippen LogP contribution in [0.1, 0.15) is 10.4 Å². The van der Waals surface area contributed by atoms with Crippen molar-refractivity contribution in [2.45, 2.75) is 6.10 Å². The summed E-state index contributed by atoms with van der Waals surface area (Å²) in [5.41, 5.74) is 0.760. The zero-order chi connectivity index (χ0) is 12.4. The summed E-state index contributed by atoms with van der Waals surface area (Å²) in [4.78, 5) is 17.8. The molecule has 1 aliphatic rings. The van der Waals surface area contributed by atoms with Gasteiger partial charge in [-0.15, -0.1) is 0 Å². The predicted octanol–water partition coefficient (Wildman–Crippen LogP) is 2.05. The highest BCUT2D eigenvalue weighted by Gasteiger charge is 2.33. The summed E-state index contributed by atoms with van der Waals surface area (Å²) in [6.45, 7) is 1.26. The van der Waals surface area contributed by atoms with Crippen LogP contribution in [0.2, 0.25) is 0 Å². The molecule has 18 heavy (non-hydrogen) atoms. The summed E-state index contributed by atoms with van der Waals surface area (Å²) < 4.78 is 5.65. The van der Waals surface area contributed by atoms with Crippen LogP contribution in [0.25, 0.3) is 0 Å². The number of pyridine rings is 1. The summed E-state index contributed by atoms with van der Waals surface area (Å²) in [7, 11) is 0. The highest BCUT2D eigenvalue weighted by molar-refractivity contribution is 7.08. The van der Waals surface area contributed by atoms with Crippen molar-refractivity contribution in [3.63, 3.8) is 0 Å². The van der Waals surface area contributed by atoms with E-state index in [1.165, 1.54) is 11.3 Å². The number of hydrogen-bond donors (Lipinski definition) is 0. The molecule has 1 saturated heterocycles. The number of ether oxygens (including phenoxy) is 1. The molecule has 0 atom stereocenters. The second-order valence-electron chi connectivity index (χ2n) is 4.13. The van der Waals surface area contributed by atoms with Gasteiger partial charge in [-0.2, -0.15) is 11.3 Å². The monoisotopic (exact) mass is 260 g/mol. The zero-order valence-electron chi connectivity index (χ0n) is 9.65. The van der Waals surface area contributed by atoms with Crippen molar-refractivity contribution in [2.75, 3.05) is 13.1 Å². The van der Waals surface area contributed by atoms with Gasteiger partial charge in [0.05, 0.1) is 18.7 Å². The lowest BCUT2D eigenvalue weighted by atomic mass is 10.1. The topological polar surface area (TPSA) is 42.4 Å². The molecule has 3 rings (SSSR count). The summed E-state index contributed by atoms with van der Waals surface area (Å²) in [6, 6.07) is 7.40. The van der Waals surface area contributed by atoms with Gasteiger partial charge >= 0.3 is 0 Å². The number of carbonyl (C=O) groups is 1.